The third kappa shape index (κ3) is 5.67. The van der Waals surface area contributed by atoms with Crippen LogP contribution in [0.2, 0.25) is 0 Å². The SMILES string of the molecule is CC(CC(=O)N1CCN(C(=O)COc2ccc(F)cc2)CC1)C1CCCNC1. The average molecular weight is 391 g/mol. The number of nitrogens with zero attached hydrogens (tertiary/aromatic N) is 2. The minimum atomic E-state index is -0.339. The number of carbonyl (C=O) groups is 2. The Kier molecular flexibility index (Phi) is 7.25. The van der Waals surface area contributed by atoms with Crippen molar-refractivity contribution in [1.82, 2.24) is 15.1 Å². The Balaban J connectivity index is 1.38. The van der Waals surface area contributed by atoms with Crippen molar-refractivity contribution in [2.45, 2.75) is 26.2 Å². The molecule has 0 aliphatic carbocycles. The first-order valence-electron chi connectivity index (χ1n) is 10.2. The molecule has 6 nitrogen and oxygen atoms in total. The Hall–Kier alpha value is -2.15. The van der Waals surface area contributed by atoms with E-state index in [4.69, 9.17) is 4.74 Å². The quantitative estimate of drug-likeness (QED) is 0.805. The molecule has 2 fully saturated rings. The van der Waals surface area contributed by atoms with Crippen LogP contribution < -0.4 is 10.1 Å². The number of rotatable bonds is 6. The van der Waals surface area contributed by atoms with E-state index < -0.39 is 0 Å². The van der Waals surface area contributed by atoms with E-state index in [1.165, 1.54) is 37.1 Å². The first-order valence-corrected chi connectivity index (χ1v) is 10.2. The zero-order chi connectivity index (χ0) is 19.9. The van der Waals surface area contributed by atoms with E-state index in [9.17, 15) is 14.0 Å². The van der Waals surface area contributed by atoms with Crippen LogP contribution in [0.1, 0.15) is 26.2 Å². The molecule has 1 aromatic rings. The standard InChI is InChI=1S/C21H30FN3O3/c1-16(17-3-2-8-23-14-17)13-20(26)24-9-11-25(12-10-24)21(27)15-28-19-6-4-18(22)5-7-19/h4-7,16-17,23H,2-3,8-15H2,1H3. The predicted octanol–water partition coefficient (Wildman–Crippen LogP) is 1.90. The zero-order valence-corrected chi connectivity index (χ0v) is 16.5. The van der Waals surface area contributed by atoms with Crippen LogP contribution in [0.25, 0.3) is 0 Å². The summed E-state index contributed by atoms with van der Waals surface area (Å²) in [5, 5.41) is 3.41. The largest absolute Gasteiger partial charge is 0.484 e. The Morgan fingerprint density at radius 1 is 1.14 bits per heavy atom. The molecule has 28 heavy (non-hydrogen) atoms. The van der Waals surface area contributed by atoms with Crippen LogP contribution in [0, 0.1) is 17.7 Å². The molecule has 2 amide bonds. The van der Waals surface area contributed by atoms with Crippen LogP contribution in [0.4, 0.5) is 4.39 Å². The van der Waals surface area contributed by atoms with Gasteiger partial charge >= 0.3 is 0 Å². The summed E-state index contributed by atoms with van der Waals surface area (Å²) in [5.74, 6) is 1.15. The summed E-state index contributed by atoms with van der Waals surface area (Å²) >= 11 is 0. The summed E-state index contributed by atoms with van der Waals surface area (Å²) in [6.07, 6.45) is 2.95. The van der Waals surface area contributed by atoms with Crippen molar-refractivity contribution in [2.75, 3.05) is 45.9 Å². The van der Waals surface area contributed by atoms with Gasteiger partial charge in [0.1, 0.15) is 11.6 Å². The molecule has 2 heterocycles. The van der Waals surface area contributed by atoms with Gasteiger partial charge in [-0.15, -0.1) is 0 Å². The van der Waals surface area contributed by atoms with E-state index in [-0.39, 0.29) is 24.2 Å². The summed E-state index contributed by atoms with van der Waals surface area (Å²) in [5.41, 5.74) is 0. The zero-order valence-electron chi connectivity index (χ0n) is 16.5. The molecular formula is C21H30FN3O3. The molecule has 2 aliphatic rings. The summed E-state index contributed by atoms with van der Waals surface area (Å²) in [6.45, 7) is 6.36. The third-order valence-corrected chi connectivity index (χ3v) is 5.80. The molecule has 2 aliphatic heterocycles. The number of piperidine rings is 1. The molecule has 0 bridgehead atoms. The fourth-order valence-electron chi connectivity index (χ4n) is 3.91. The molecular weight excluding hydrogens is 361 g/mol. The van der Waals surface area contributed by atoms with Crippen molar-refractivity contribution in [2.24, 2.45) is 11.8 Å². The maximum Gasteiger partial charge on any atom is 0.260 e. The van der Waals surface area contributed by atoms with E-state index in [0.717, 1.165) is 13.1 Å². The van der Waals surface area contributed by atoms with Crippen molar-refractivity contribution >= 4 is 11.8 Å². The van der Waals surface area contributed by atoms with Gasteiger partial charge in [-0.3, -0.25) is 9.59 Å². The van der Waals surface area contributed by atoms with E-state index in [1.807, 2.05) is 4.90 Å². The number of ether oxygens (including phenoxy) is 1. The number of hydrogen-bond acceptors (Lipinski definition) is 4. The van der Waals surface area contributed by atoms with Gasteiger partial charge in [-0.25, -0.2) is 4.39 Å². The van der Waals surface area contributed by atoms with Gasteiger partial charge in [-0.2, -0.15) is 0 Å². The number of carbonyl (C=O) groups excluding carboxylic acids is 2. The number of nitrogens with one attached hydrogen (secondary N) is 1. The fourth-order valence-corrected chi connectivity index (χ4v) is 3.91. The Bertz CT molecular complexity index is 653. The van der Waals surface area contributed by atoms with Crippen LogP contribution in [0.3, 0.4) is 0 Å². The highest BCUT2D eigenvalue weighted by Crippen LogP contribution is 2.23. The lowest BCUT2D eigenvalue weighted by Gasteiger charge is -2.36. The minimum Gasteiger partial charge on any atom is -0.484 e. The van der Waals surface area contributed by atoms with Gasteiger partial charge in [0.05, 0.1) is 0 Å². The van der Waals surface area contributed by atoms with Crippen molar-refractivity contribution in [3.63, 3.8) is 0 Å². The molecule has 0 aromatic heterocycles. The van der Waals surface area contributed by atoms with Crippen molar-refractivity contribution in [1.29, 1.82) is 0 Å². The smallest absolute Gasteiger partial charge is 0.260 e. The van der Waals surface area contributed by atoms with Crippen molar-refractivity contribution in [3.8, 4) is 5.75 Å². The van der Waals surface area contributed by atoms with Crippen molar-refractivity contribution in [3.05, 3.63) is 30.1 Å². The van der Waals surface area contributed by atoms with Crippen molar-refractivity contribution < 1.29 is 18.7 Å². The molecule has 2 unspecified atom stereocenters. The Morgan fingerprint density at radius 2 is 1.79 bits per heavy atom. The monoisotopic (exact) mass is 391 g/mol. The summed E-state index contributed by atoms with van der Waals surface area (Å²) in [4.78, 5) is 28.5. The van der Waals surface area contributed by atoms with Gasteiger partial charge in [0.25, 0.3) is 5.91 Å². The second-order valence-electron chi connectivity index (χ2n) is 7.79. The highest BCUT2D eigenvalue weighted by Gasteiger charge is 2.27. The van der Waals surface area contributed by atoms with Gasteiger partial charge in [-0.05, 0) is 62.0 Å². The Labute approximate surface area is 166 Å². The predicted molar refractivity (Wildman–Crippen MR) is 104 cm³/mol. The summed E-state index contributed by atoms with van der Waals surface area (Å²) < 4.78 is 18.3. The van der Waals surface area contributed by atoms with E-state index in [2.05, 4.69) is 12.2 Å². The molecule has 1 aromatic carbocycles. The van der Waals surface area contributed by atoms with Gasteiger partial charge in [0.15, 0.2) is 6.61 Å². The number of amides is 2. The Morgan fingerprint density at radius 3 is 2.39 bits per heavy atom. The van der Waals surface area contributed by atoms with Gasteiger partial charge in [0, 0.05) is 32.6 Å². The normalized spacial score (nSPS) is 21.3. The summed E-state index contributed by atoms with van der Waals surface area (Å²) in [7, 11) is 0. The van der Waals surface area contributed by atoms with Crippen LogP contribution >= 0.6 is 0 Å². The molecule has 0 saturated carbocycles. The molecule has 1 N–H and O–H groups in total. The van der Waals surface area contributed by atoms with Gasteiger partial charge < -0.3 is 19.9 Å². The first-order chi connectivity index (χ1) is 13.5. The number of piperazine rings is 1. The van der Waals surface area contributed by atoms with Crippen LogP contribution in [-0.2, 0) is 9.59 Å². The molecule has 2 atom stereocenters. The third-order valence-electron chi connectivity index (χ3n) is 5.80. The minimum absolute atomic E-state index is 0.0781. The highest BCUT2D eigenvalue weighted by atomic mass is 19.1. The maximum absolute atomic E-state index is 12.9. The number of benzene rings is 1. The first kappa shape index (κ1) is 20.6. The molecule has 3 rings (SSSR count). The molecule has 0 spiro atoms. The lowest BCUT2D eigenvalue weighted by atomic mass is 9.85. The van der Waals surface area contributed by atoms with Crippen LogP contribution in [-0.4, -0.2) is 67.5 Å². The number of hydrogen-bond donors (Lipinski definition) is 1. The molecule has 7 heteroatoms. The van der Waals surface area contributed by atoms with Gasteiger partial charge in [-0.1, -0.05) is 6.92 Å². The topological polar surface area (TPSA) is 61.9 Å². The lowest BCUT2D eigenvalue weighted by Crippen LogP contribution is -2.52. The summed E-state index contributed by atoms with van der Waals surface area (Å²) in [6, 6.07) is 5.60. The van der Waals surface area contributed by atoms with Crippen LogP contribution in [0.15, 0.2) is 24.3 Å². The molecule has 154 valence electrons. The average Bonchev–Trinajstić information content (AvgIpc) is 2.73. The van der Waals surface area contributed by atoms with Gasteiger partial charge in [0.2, 0.25) is 5.91 Å². The number of halogens is 1. The highest BCUT2D eigenvalue weighted by molar-refractivity contribution is 5.79. The van der Waals surface area contributed by atoms with E-state index in [1.54, 1.807) is 4.90 Å². The molecule has 2 saturated heterocycles. The molecule has 0 radical (unpaired) electrons. The second kappa shape index (κ2) is 9.87. The second-order valence-corrected chi connectivity index (χ2v) is 7.79. The van der Waals surface area contributed by atoms with Crippen LogP contribution in [0.5, 0.6) is 5.75 Å². The fraction of sp³-hybridized carbons (Fsp3) is 0.619. The van der Waals surface area contributed by atoms with E-state index >= 15 is 0 Å². The maximum atomic E-state index is 12.9. The lowest BCUT2D eigenvalue weighted by molar-refractivity contribution is -0.141. The van der Waals surface area contributed by atoms with E-state index in [0.29, 0.717) is 50.2 Å².